The lowest BCUT2D eigenvalue weighted by atomic mass is 10.1. The molecule has 1 heterocycles. The molecule has 0 aromatic carbocycles. The Morgan fingerprint density at radius 2 is 2.50 bits per heavy atom. The van der Waals surface area contributed by atoms with Crippen LogP contribution in [0.3, 0.4) is 0 Å². The molecule has 1 unspecified atom stereocenters. The number of carbonyl (C=O) groups excluding carboxylic acids is 1. The summed E-state index contributed by atoms with van der Waals surface area (Å²) in [7, 11) is 0. The number of carboxylic acid groups (broad SMARTS) is 1. The van der Waals surface area contributed by atoms with Gasteiger partial charge in [-0.2, -0.15) is 0 Å². The fraction of sp³-hybridized carbons (Fsp3) is 0.333. The van der Waals surface area contributed by atoms with E-state index in [9.17, 15) is 9.59 Å². The summed E-state index contributed by atoms with van der Waals surface area (Å²) < 4.78 is 0. The molecule has 2 N–H and O–H groups in total. The minimum absolute atomic E-state index is 0.0849. The van der Waals surface area contributed by atoms with Crippen LogP contribution >= 0.6 is 12.2 Å². The molecule has 0 radical (unpaired) electrons. The largest absolute Gasteiger partial charge is 0.481 e. The van der Waals surface area contributed by atoms with Crippen LogP contribution in [-0.4, -0.2) is 28.3 Å². The number of hydrogen-bond acceptors (Lipinski definition) is 3. The van der Waals surface area contributed by atoms with E-state index in [1.54, 1.807) is 0 Å². The number of aliphatic imine (C=N–C) groups is 1. The van der Waals surface area contributed by atoms with Crippen LogP contribution in [0.25, 0.3) is 0 Å². The summed E-state index contributed by atoms with van der Waals surface area (Å²) in [5.41, 5.74) is 0. The summed E-state index contributed by atoms with van der Waals surface area (Å²) in [6.07, 6.45) is 1.01. The number of carbonyl (C=O) groups is 2. The molecular formula is C6H6N2O3S. The Hall–Kier alpha value is -1.30. The second-order valence-electron chi connectivity index (χ2n) is 2.28. The van der Waals surface area contributed by atoms with E-state index < -0.39 is 17.8 Å². The maximum atomic E-state index is 11.0. The van der Waals surface area contributed by atoms with Gasteiger partial charge in [-0.25, -0.2) is 4.99 Å². The molecule has 1 amide bonds. The standard InChI is InChI=1S/C6H6N2O3S/c9-4(10)1-3-2-7-6(12)8-5(3)11/h2-3H,1H2,(H,9,10)(H,8,11,12). The SMILES string of the molecule is O=C(O)CC1C=NC(=S)NC1=O. The average Bonchev–Trinajstić information content (AvgIpc) is 1.94. The number of rotatable bonds is 2. The van der Waals surface area contributed by atoms with Gasteiger partial charge in [0.25, 0.3) is 0 Å². The number of nitrogens with zero attached hydrogens (tertiary/aromatic N) is 1. The number of nitrogens with one attached hydrogen (secondary N) is 1. The Kier molecular flexibility index (Phi) is 2.49. The highest BCUT2D eigenvalue weighted by Gasteiger charge is 2.23. The summed E-state index contributed by atoms with van der Waals surface area (Å²) in [6.45, 7) is 0. The third kappa shape index (κ3) is 2.09. The van der Waals surface area contributed by atoms with Crippen LogP contribution in [0.2, 0.25) is 0 Å². The van der Waals surface area contributed by atoms with Crippen LogP contribution in [0.15, 0.2) is 4.99 Å². The van der Waals surface area contributed by atoms with E-state index in [1.807, 2.05) is 0 Å². The van der Waals surface area contributed by atoms with Gasteiger partial charge in [-0.15, -0.1) is 0 Å². The summed E-state index contributed by atoms with van der Waals surface area (Å²) in [6, 6.07) is 0. The molecule has 0 saturated carbocycles. The van der Waals surface area contributed by atoms with Crippen molar-refractivity contribution >= 4 is 35.4 Å². The molecule has 0 bridgehead atoms. The lowest BCUT2D eigenvalue weighted by Crippen LogP contribution is -2.39. The normalized spacial score (nSPS) is 22.2. The molecule has 6 heteroatoms. The zero-order valence-corrected chi connectivity index (χ0v) is 6.80. The fourth-order valence-electron chi connectivity index (χ4n) is 0.789. The highest BCUT2D eigenvalue weighted by atomic mass is 32.1. The van der Waals surface area contributed by atoms with Crippen LogP contribution in [0.1, 0.15) is 6.42 Å². The Morgan fingerprint density at radius 1 is 1.83 bits per heavy atom. The summed E-state index contributed by atoms with van der Waals surface area (Å²) in [5, 5.41) is 10.7. The van der Waals surface area contributed by atoms with E-state index in [0.29, 0.717) is 0 Å². The van der Waals surface area contributed by atoms with Gasteiger partial charge in [-0.3, -0.25) is 9.59 Å². The van der Waals surface area contributed by atoms with Crippen molar-refractivity contribution in [1.29, 1.82) is 0 Å². The van der Waals surface area contributed by atoms with Crippen LogP contribution in [0.5, 0.6) is 0 Å². The van der Waals surface area contributed by atoms with E-state index in [0.717, 1.165) is 0 Å². The van der Waals surface area contributed by atoms with Crippen molar-refractivity contribution in [3.63, 3.8) is 0 Å². The summed E-state index contributed by atoms with van der Waals surface area (Å²) >= 11 is 4.57. The van der Waals surface area contributed by atoms with Crippen molar-refractivity contribution in [2.24, 2.45) is 10.9 Å². The Balaban J connectivity index is 2.66. The summed E-state index contributed by atoms with van der Waals surface area (Å²) in [5.74, 6) is -2.14. The maximum absolute atomic E-state index is 11.0. The first-order chi connectivity index (χ1) is 5.59. The van der Waals surface area contributed by atoms with E-state index in [1.165, 1.54) is 6.21 Å². The van der Waals surface area contributed by atoms with Gasteiger partial charge >= 0.3 is 5.97 Å². The van der Waals surface area contributed by atoms with Gasteiger partial charge in [-0.1, -0.05) is 0 Å². The predicted molar refractivity (Wildman–Crippen MR) is 45.0 cm³/mol. The minimum atomic E-state index is -1.03. The topological polar surface area (TPSA) is 78.8 Å². The predicted octanol–water partition coefficient (Wildman–Crippen LogP) is -0.437. The van der Waals surface area contributed by atoms with Gasteiger partial charge < -0.3 is 10.4 Å². The minimum Gasteiger partial charge on any atom is -0.481 e. The van der Waals surface area contributed by atoms with Gasteiger partial charge in [-0.05, 0) is 12.2 Å². The molecule has 0 aromatic heterocycles. The van der Waals surface area contributed by atoms with Gasteiger partial charge in [0.05, 0.1) is 12.3 Å². The highest BCUT2D eigenvalue weighted by molar-refractivity contribution is 7.80. The molecule has 1 rings (SSSR count). The number of aliphatic carboxylic acids is 1. The molecule has 1 atom stereocenters. The maximum Gasteiger partial charge on any atom is 0.304 e. The molecule has 5 nitrogen and oxygen atoms in total. The van der Waals surface area contributed by atoms with Gasteiger partial charge in [0.2, 0.25) is 5.91 Å². The Labute approximate surface area is 73.5 Å². The molecule has 12 heavy (non-hydrogen) atoms. The highest BCUT2D eigenvalue weighted by Crippen LogP contribution is 2.04. The molecule has 1 aliphatic heterocycles. The van der Waals surface area contributed by atoms with E-state index in [2.05, 4.69) is 22.5 Å². The van der Waals surface area contributed by atoms with Gasteiger partial charge in [0, 0.05) is 6.21 Å². The third-order valence-electron chi connectivity index (χ3n) is 1.33. The van der Waals surface area contributed by atoms with Crippen LogP contribution in [-0.2, 0) is 9.59 Å². The number of hydrogen-bond donors (Lipinski definition) is 2. The molecule has 64 valence electrons. The van der Waals surface area contributed by atoms with Crippen LogP contribution in [0, 0.1) is 5.92 Å². The summed E-state index contributed by atoms with van der Waals surface area (Å²) in [4.78, 5) is 24.8. The van der Waals surface area contributed by atoms with Crippen molar-refractivity contribution < 1.29 is 14.7 Å². The monoisotopic (exact) mass is 186 g/mol. The first kappa shape index (κ1) is 8.79. The van der Waals surface area contributed by atoms with E-state index in [4.69, 9.17) is 5.11 Å². The Morgan fingerprint density at radius 3 is 3.00 bits per heavy atom. The second kappa shape index (κ2) is 3.40. The van der Waals surface area contributed by atoms with Crippen molar-refractivity contribution in [1.82, 2.24) is 5.32 Å². The lowest BCUT2D eigenvalue weighted by molar-refractivity contribution is -0.139. The third-order valence-corrected chi connectivity index (χ3v) is 1.54. The molecular weight excluding hydrogens is 180 g/mol. The van der Waals surface area contributed by atoms with Gasteiger partial charge in [0.15, 0.2) is 5.11 Å². The molecule has 1 aliphatic rings. The first-order valence-electron chi connectivity index (χ1n) is 3.20. The average molecular weight is 186 g/mol. The van der Waals surface area contributed by atoms with Crippen LogP contribution in [0.4, 0.5) is 0 Å². The Bertz CT molecular complexity index is 274. The molecule has 0 saturated heterocycles. The van der Waals surface area contributed by atoms with E-state index in [-0.39, 0.29) is 11.5 Å². The molecule has 0 fully saturated rings. The van der Waals surface area contributed by atoms with Crippen molar-refractivity contribution in [2.75, 3.05) is 0 Å². The zero-order chi connectivity index (χ0) is 9.14. The van der Waals surface area contributed by atoms with E-state index >= 15 is 0 Å². The fourth-order valence-corrected chi connectivity index (χ4v) is 0.951. The zero-order valence-electron chi connectivity index (χ0n) is 5.98. The van der Waals surface area contributed by atoms with Crippen molar-refractivity contribution in [2.45, 2.75) is 6.42 Å². The van der Waals surface area contributed by atoms with Crippen molar-refractivity contribution in [3.8, 4) is 0 Å². The van der Waals surface area contributed by atoms with Crippen LogP contribution < -0.4 is 5.32 Å². The van der Waals surface area contributed by atoms with Gasteiger partial charge in [0.1, 0.15) is 0 Å². The number of amides is 1. The smallest absolute Gasteiger partial charge is 0.304 e. The number of carboxylic acids is 1. The second-order valence-corrected chi connectivity index (χ2v) is 2.66. The lowest BCUT2D eigenvalue weighted by Gasteiger charge is -2.13. The first-order valence-corrected chi connectivity index (χ1v) is 3.61. The molecule has 0 aromatic rings. The quantitative estimate of drug-likeness (QED) is 0.573. The molecule has 0 spiro atoms. The molecule has 0 aliphatic carbocycles. The van der Waals surface area contributed by atoms with Crippen molar-refractivity contribution in [3.05, 3.63) is 0 Å². The number of thiocarbonyl (C=S) groups is 1.